The fraction of sp³-hybridized carbons (Fsp3) is 0.273. The average molecular weight is 737 g/mol. The second-order valence-corrected chi connectivity index (χ2v) is 19.8. The zero-order valence-corrected chi connectivity index (χ0v) is 33.3. The van der Waals surface area contributed by atoms with Crippen LogP contribution in [0.15, 0.2) is 121 Å². The first-order valence-corrected chi connectivity index (χ1v) is 20.6. The number of hydrogen-bond donors (Lipinski definition) is 3. The van der Waals surface area contributed by atoms with Gasteiger partial charge in [-0.1, -0.05) is 147 Å². The van der Waals surface area contributed by atoms with Crippen LogP contribution in [-0.2, 0) is 25.4 Å². The maximum Gasteiger partial charge on any atom is 0.408 e. The minimum absolute atomic E-state index is 0.0621. The van der Waals surface area contributed by atoms with Crippen LogP contribution in [0.3, 0.4) is 0 Å². The number of fused-ring (bicyclic) bond motifs is 2. The summed E-state index contributed by atoms with van der Waals surface area (Å²) < 4.78 is 31.2. The lowest BCUT2D eigenvalue weighted by Crippen LogP contribution is -2.23. The van der Waals surface area contributed by atoms with Gasteiger partial charge in [0.05, 0.1) is 10.6 Å². The second kappa shape index (κ2) is 14.4. The lowest BCUT2D eigenvalue weighted by Gasteiger charge is -2.33. The molecule has 1 unspecified atom stereocenters. The zero-order chi connectivity index (χ0) is 38.3. The molecular formula is C44H50O6P2. The Morgan fingerprint density at radius 3 is 1.12 bits per heavy atom. The molecule has 6 nitrogen and oxygen atoms in total. The van der Waals surface area contributed by atoms with E-state index < -0.39 is 15.2 Å². The summed E-state index contributed by atoms with van der Waals surface area (Å²) >= 11 is 0. The fourth-order valence-electron chi connectivity index (χ4n) is 6.02. The summed E-state index contributed by atoms with van der Waals surface area (Å²) in [5, 5.41) is 5.34. The van der Waals surface area contributed by atoms with E-state index in [4.69, 9.17) is 4.52 Å². The Kier molecular flexibility index (Phi) is 10.9. The van der Waals surface area contributed by atoms with Crippen molar-refractivity contribution in [1.82, 2.24) is 0 Å². The summed E-state index contributed by atoms with van der Waals surface area (Å²) in [6, 6.07) is 38.1. The van der Waals surface area contributed by atoms with Crippen LogP contribution in [0.25, 0.3) is 32.7 Å². The van der Waals surface area contributed by atoms with Crippen LogP contribution in [0.1, 0.15) is 79.0 Å². The van der Waals surface area contributed by atoms with Crippen molar-refractivity contribution in [2.45, 2.75) is 78.6 Å². The highest BCUT2D eigenvalue weighted by atomic mass is 31.2. The molecule has 3 N–H and O–H groups in total. The van der Waals surface area contributed by atoms with Gasteiger partial charge >= 0.3 is 15.2 Å². The predicted octanol–water partition coefficient (Wildman–Crippen LogP) is 10.9. The molecule has 6 aromatic rings. The highest BCUT2D eigenvalue weighted by molar-refractivity contribution is 7.61. The maximum absolute atomic E-state index is 13.7. The molecule has 0 aliphatic carbocycles. The lowest BCUT2D eigenvalue weighted by molar-refractivity contribution is 0.380. The lowest BCUT2D eigenvalue weighted by atomic mass is 9.75. The van der Waals surface area contributed by atoms with Gasteiger partial charge in [-0.25, -0.2) is 4.57 Å². The molecule has 0 aromatic heterocycles. The van der Waals surface area contributed by atoms with Gasteiger partial charge in [-0.2, -0.15) is 0 Å². The van der Waals surface area contributed by atoms with Crippen LogP contribution in [0.5, 0.6) is 5.75 Å². The maximum atomic E-state index is 13.7. The molecule has 272 valence electrons. The standard InChI is InChI=1S/C30H40O6P2.C14H10/c1-28(2,3)22-18-25(29(4,5)6)27(26(19-22)30(7,8)9)36-38(34,35)24-16-12-21(13-17-24)20-10-14-23(15-11-20)37(31,32)33;1-2-6-12-10-14-8-4-3-7-13(14)9-11(12)5-1/h10-19H,1-9H3,(H,34,35)(H2,31,32,33);1-10H. The number of rotatable bonds is 5. The summed E-state index contributed by atoms with van der Waals surface area (Å²) in [6.45, 7) is 18.9. The quantitative estimate of drug-likeness (QED) is 0.120. The Balaban J connectivity index is 0.000000306. The van der Waals surface area contributed by atoms with E-state index in [1.807, 2.05) is 0 Å². The van der Waals surface area contributed by atoms with Crippen molar-refractivity contribution >= 4 is 47.3 Å². The molecule has 6 rings (SSSR count). The highest BCUT2D eigenvalue weighted by Gasteiger charge is 2.34. The molecule has 8 heteroatoms. The van der Waals surface area contributed by atoms with Crippen LogP contribution in [0.4, 0.5) is 0 Å². The van der Waals surface area contributed by atoms with Gasteiger partial charge in [-0.15, -0.1) is 0 Å². The molecule has 0 bridgehead atoms. The van der Waals surface area contributed by atoms with E-state index in [1.54, 1.807) is 36.4 Å². The van der Waals surface area contributed by atoms with Crippen molar-refractivity contribution in [3.8, 4) is 16.9 Å². The van der Waals surface area contributed by atoms with Crippen molar-refractivity contribution < 1.29 is 28.3 Å². The van der Waals surface area contributed by atoms with Crippen LogP contribution >= 0.6 is 15.2 Å². The highest BCUT2D eigenvalue weighted by Crippen LogP contribution is 2.50. The Morgan fingerprint density at radius 2 is 0.808 bits per heavy atom. The first-order chi connectivity index (χ1) is 24.0. The van der Waals surface area contributed by atoms with Crippen molar-refractivity contribution in [2.75, 3.05) is 0 Å². The summed E-state index contributed by atoms with van der Waals surface area (Å²) in [4.78, 5) is 29.8. The van der Waals surface area contributed by atoms with E-state index in [2.05, 4.69) is 135 Å². The summed E-state index contributed by atoms with van der Waals surface area (Å²) in [5.74, 6) is 0.445. The second-order valence-electron chi connectivity index (χ2n) is 16.4. The first-order valence-electron chi connectivity index (χ1n) is 17.4. The molecule has 0 spiro atoms. The average Bonchev–Trinajstić information content (AvgIpc) is 3.06. The van der Waals surface area contributed by atoms with Gasteiger partial charge in [0.25, 0.3) is 0 Å². The minimum Gasteiger partial charge on any atom is -0.421 e. The van der Waals surface area contributed by atoms with E-state index in [1.165, 1.54) is 33.7 Å². The van der Waals surface area contributed by atoms with Gasteiger partial charge in [0.1, 0.15) is 5.75 Å². The Morgan fingerprint density at radius 1 is 0.462 bits per heavy atom. The van der Waals surface area contributed by atoms with Crippen molar-refractivity contribution in [3.05, 3.63) is 138 Å². The Hall–Kier alpha value is -4.02. The third kappa shape index (κ3) is 9.12. The van der Waals surface area contributed by atoms with Crippen molar-refractivity contribution in [1.29, 1.82) is 0 Å². The van der Waals surface area contributed by atoms with Gasteiger partial charge in [-0.3, -0.25) is 4.57 Å². The molecule has 0 saturated carbocycles. The molecule has 0 radical (unpaired) electrons. The smallest absolute Gasteiger partial charge is 0.408 e. The van der Waals surface area contributed by atoms with Crippen LogP contribution in [-0.4, -0.2) is 14.7 Å². The molecule has 6 aromatic carbocycles. The van der Waals surface area contributed by atoms with E-state index >= 15 is 0 Å². The van der Waals surface area contributed by atoms with Gasteiger partial charge < -0.3 is 19.2 Å². The van der Waals surface area contributed by atoms with Gasteiger partial charge in [-0.05, 0) is 90.9 Å². The first kappa shape index (κ1) is 39.2. The fourth-order valence-corrected chi connectivity index (χ4v) is 7.64. The summed E-state index contributed by atoms with van der Waals surface area (Å²) in [6.07, 6.45) is 0. The van der Waals surface area contributed by atoms with Gasteiger partial charge in [0.2, 0.25) is 0 Å². The Labute approximate surface area is 308 Å². The topological polar surface area (TPSA) is 104 Å². The number of benzene rings is 6. The van der Waals surface area contributed by atoms with Crippen LogP contribution in [0.2, 0.25) is 0 Å². The molecule has 52 heavy (non-hydrogen) atoms. The van der Waals surface area contributed by atoms with E-state index in [0.717, 1.165) is 27.8 Å². The minimum atomic E-state index is -4.32. The van der Waals surface area contributed by atoms with Gasteiger partial charge in [0.15, 0.2) is 0 Å². The predicted molar refractivity (Wildman–Crippen MR) is 218 cm³/mol. The van der Waals surface area contributed by atoms with Crippen LogP contribution < -0.4 is 15.1 Å². The molecule has 0 saturated heterocycles. The molecule has 0 fully saturated rings. The monoisotopic (exact) mass is 736 g/mol. The largest absolute Gasteiger partial charge is 0.421 e. The van der Waals surface area contributed by atoms with Crippen molar-refractivity contribution in [3.63, 3.8) is 0 Å². The summed E-state index contributed by atoms with van der Waals surface area (Å²) in [5.41, 5.74) is 3.59. The van der Waals surface area contributed by atoms with Crippen molar-refractivity contribution in [2.24, 2.45) is 0 Å². The van der Waals surface area contributed by atoms with E-state index in [9.17, 15) is 23.8 Å². The molecule has 0 heterocycles. The molecule has 0 amide bonds. The normalized spacial score (nSPS) is 13.7. The van der Waals surface area contributed by atoms with Crippen LogP contribution in [0, 0.1) is 0 Å². The third-order valence-electron chi connectivity index (χ3n) is 9.13. The zero-order valence-electron chi connectivity index (χ0n) is 31.5. The SMILES string of the molecule is CC(C)(C)c1cc(C(C)(C)C)c(OP(=O)(O)c2ccc(-c3ccc(P(=O)(O)O)cc3)cc2)c(C(C)(C)C)c1.c1ccc2cc3ccccc3cc2c1. The number of hydrogen-bond acceptors (Lipinski definition) is 3. The molecule has 0 aliphatic rings. The third-order valence-corrected chi connectivity index (χ3v) is 11.5. The molecular weight excluding hydrogens is 686 g/mol. The molecule has 1 atom stereocenters. The molecule has 0 aliphatic heterocycles. The van der Waals surface area contributed by atoms with E-state index in [0.29, 0.717) is 5.75 Å². The Bertz CT molecular complexity index is 2160. The summed E-state index contributed by atoms with van der Waals surface area (Å²) in [7, 11) is -8.58. The van der Waals surface area contributed by atoms with E-state index in [-0.39, 0.29) is 26.9 Å². The van der Waals surface area contributed by atoms with Gasteiger partial charge in [0, 0.05) is 11.1 Å².